The number of ether oxygens (including phenoxy) is 1. The lowest BCUT2D eigenvalue weighted by molar-refractivity contribution is 0.0783. The summed E-state index contributed by atoms with van der Waals surface area (Å²) in [6.45, 7) is 5.57. The third-order valence-electron chi connectivity index (χ3n) is 5.25. The van der Waals surface area contributed by atoms with Crippen molar-refractivity contribution in [1.82, 2.24) is 19.4 Å². The molecular weight excluding hydrogens is 354 g/mol. The highest BCUT2D eigenvalue weighted by molar-refractivity contribution is 5.97. The Balaban J connectivity index is 1.58. The summed E-state index contributed by atoms with van der Waals surface area (Å²) in [6, 6.07) is 9.63. The Kier molecular flexibility index (Phi) is 5.00. The number of carbonyl (C=O) groups excluding carboxylic acids is 1. The van der Waals surface area contributed by atoms with E-state index in [1.807, 2.05) is 44.3 Å². The fourth-order valence-electron chi connectivity index (χ4n) is 3.57. The first kappa shape index (κ1) is 18.4. The smallest absolute Gasteiger partial charge is 0.254 e. The number of pyridine rings is 1. The van der Waals surface area contributed by atoms with Gasteiger partial charge in [-0.05, 0) is 36.8 Å². The van der Waals surface area contributed by atoms with Gasteiger partial charge in [0.2, 0.25) is 5.95 Å². The zero-order valence-electron chi connectivity index (χ0n) is 16.6. The van der Waals surface area contributed by atoms with Gasteiger partial charge in [0.05, 0.1) is 36.5 Å². The zero-order chi connectivity index (χ0) is 19.7. The number of amides is 1. The first-order valence-electron chi connectivity index (χ1n) is 9.49. The molecule has 0 radical (unpaired) electrons. The predicted molar refractivity (Wildman–Crippen MR) is 109 cm³/mol. The van der Waals surface area contributed by atoms with Crippen molar-refractivity contribution in [2.24, 2.45) is 7.05 Å². The molecule has 28 heavy (non-hydrogen) atoms. The van der Waals surface area contributed by atoms with Gasteiger partial charge in [-0.15, -0.1) is 0 Å². The van der Waals surface area contributed by atoms with Gasteiger partial charge in [-0.2, -0.15) is 0 Å². The SMILES string of the molecule is Cc1cccnc1CN(C)C(=O)c1ccc2c(c1)nc(N1CCOCC1)n2C. The third kappa shape index (κ3) is 3.45. The topological polar surface area (TPSA) is 63.5 Å². The second-order valence-corrected chi connectivity index (χ2v) is 7.20. The van der Waals surface area contributed by atoms with Gasteiger partial charge in [0.1, 0.15) is 0 Å². The van der Waals surface area contributed by atoms with E-state index in [0.29, 0.717) is 25.3 Å². The van der Waals surface area contributed by atoms with Crippen LogP contribution >= 0.6 is 0 Å². The molecule has 0 N–H and O–H groups in total. The molecule has 0 bridgehead atoms. The minimum absolute atomic E-state index is 0.0365. The van der Waals surface area contributed by atoms with Gasteiger partial charge in [-0.25, -0.2) is 4.98 Å². The van der Waals surface area contributed by atoms with E-state index < -0.39 is 0 Å². The quantitative estimate of drug-likeness (QED) is 0.696. The summed E-state index contributed by atoms with van der Waals surface area (Å²) in [7, 11) is 3.82. The maximum Gasteiger partial charge on any atom is 0.254 e. The molecule has 7 nitrogen and oxygen atoms in total. The van der Waals surface area contributed by atoms with Crippen LogP contribution in [0.3, 0.4) is 0 Å². The van der Waals surface area contributed by atoms with Crippen molar-refractivity contribution in [2.45, 2.75) is 13.5 Å². The van der Waals surface area contributed by atoms with E-state index in [4.69, 9.17) is 9.72 Å². The molecule has 3 heterocycles. The molecule has 0 unspecified atom stereocenters. The normalized spacial score (nSPS) is 14.5. The van der Waals surface area contributed by atoms with Gasteiger partial charge >= 0.3 is 0 Å². The van der Waals surface area contributed by atoms with E-state index in [2.05, 4.69) is 14.5 Å². The molecule has 0 aliphatic carbocycles. The molecule has 7 heteroatoms. The third-order valence-corrected chi connectivity index (χ3v) is 5.25. The molecule has 146 valence electrons. The summed E-state index contributed by atoms with van der Waals surface area (Å²) in [4.78, 5) is 26.0. The Labute approximate surface area is 164 Å². The van der Waals surface area contributed by atoms with Crippen LogP contribution in [0.1, 0.15) is 21.6 Å². The summed E-state index contributed by atoms with van der Waals surface area (Å²) in [6.07, 6.45) is 1.76. The number of anilines is 1. The van der Waals surface area contributed by atoms with Crippen LogP contribution in [-0.4, -0.2) is 58.7 Å². The highest BCUT2D eigenvalue weighted by Crippen LogP contribution is 2.23. The number of nitrogens with zero attached hydrogens (tertiary/aromatic N) is 5. The summed E-state index contributed by atoms with van der Waals surface area (Å²) >= 11 is 0. The first-order valence-corrected chi connectivity index (χ1v) is 9.49. The molecule has 1 saturated heterocycles. The maximum absolute atomic E-state index is 12.9. The first-order chi connectivity index (χ1) is 13.5. The molecule has 0 saturated carbocycles. The fourth-order valence-corrected chi connectivity index (χ4v) is 3.57. The predicted octanol–water partition coefficient (Wildman–Crippen LogP) is 2.39. The van der Waals surface area contributed by atoms with E-state index in [9.17, 15) is 4.79 Å². The molecule has 0 spiro atoms. The van der Waals surface area contributed by atoms with Crippen LogP contribution in [0.4, 0.5) is 5.95 Å². The van der Waals surface area contributed by atoms with Gasteiger partial charge in [-0.1, -0.05) is 6.07 Å². The van der Waals surface area contributed by atoms with E-state index in [0.717, 1.165) is 41.3 Å². The molecule has 1 amide bonds. The number of benzene rings is 1. The van der Waals surface area contributed by atoms with E-state index >= 15 is 0 Å². The minimum atomic E-state index is -0.0365. The number of fused-ring (bicyclic) bond motifs is 1. The number of hydrogen-bond donors (Lipinski definition) is 0. The minimum Gasteiger partial charge on any atom is -0.378 e. The number of carbonyl (C=O) groups is 1. The molecule has 2 aromatic heterocycles. The zero-order valence-corrected chi connectivity index (χ0v) is 16.6. The van der Waals surface area contributed by atoms with Gasteiger partial charge in [-0.3, -0.25) is 9.78 Å². The highest BCUT2D eigenvalue weighted by Gasteiger charge is 2.20. The van der Waals surface area contributed by atoms with E-state index in [1.165, 1.54) is 0 Å². The van der Waals surface area contributed by atoms with Crippen molar-refractivity contribution in [3.05, 3.63) is 53.3 Å². The number of aryl methyl sites for hydroxylation is 2. The van der Waals surface area contributed by atoms with E-state index in [-0.39, 0.29) is 5.91 Å². The van der Waals surface area contributed by atoms with Crippen LogP contribution < -0.4 is 4.90 Å². The highest BCUT2D eigenvalue weighted by atomic mass is 16.5. The number of aromatic nitrogens is 3. The van der Waals surface area contributed by atoms with Crippen LogP contribution in [0.25, 0.3) is 11.0 Å². The Hall–Kier alpha value is -2.93. The summed E-state index contributed by atoms with van der Waals surface area (Å²) in [5, 5.41) is 0. The Morgan fingerprint density at radius 3 is 2.79 bits per heavy atom. The van der Waals surface area contributed by atoms with Crippen molar-refractivity contribution in [3.63, 3.8) is 0 Å². The molecular formula is C21H25N5O2. The van der Waals surface area contributed by atoms with Crippen molar-refractivity contribution in [1.29, 1.82) is 0 Å². The standard InChI is InChI=1S/C21H25N5O2/c1-15-5-4-8-22-18(15)14-24(2)20(27)16-6-7-19-17(13-16)23-21(25(19)3)26-9-11-28-12-10-26/h4-8,13H,9-12,14H2,1-3H3. The lowest BCUT2D eigenvalue weighted by Gasteiger charge is -2.27. The summed E-state index contributed by atoms with van der Waals surface area (Å²) in [5.41, 5.74) is 4.47. The molecule has 4 rings (SSSR count). The number of morpholine rings is 1. The largest absolute Gasteiger partial charge is 0.378 e. The number of hydrogen-bond acceptors (Lipinski definition) is 5. The van der Waals surface area contributed by atoms with Gasteiger partial charge in [0.25, 0.3) is 5.91 Å². The molecule has 1 aliphatic heterocycles. The molecule has 1 fully saturated rings. The van der Waals surface area contributed by atoms with Crippen LogP contribution in [0, 0.1) is 6.92 Å². The van der Waals surface area contributed by atoms with Crippen molar-refractivity contribution >= 4 is 22.9 Å². The monoisotopic (exact) mass is 379 g/mol. The molecule has 0 atom stereocenters. The second kappa shape index (κ2) is 7.59. The van der Waals surface area contributed by atoms with Crippen LogP contribution in [0.15, 0.2) is 36.5 Å². The average molecular weight is 379 g/mol. The van der Waals surface area contributed by atoms with Crippen LogP contribution in [0.2, 0.25) is 0 Å². The molecule has 1 aromatic carbocycles. The average Bonchev–Trinajstić information content (AvgIpc) is 3.05. The number of imidazole rings is 1. The van der Waals surface area contributed by atoms with Gasteiger partial charge in [0, 0.05) is 38.9 Å². The van der Waals surface area contributed by atoms with Crippen molar-refractivity contribution in [2.75, 3.05) is 38.3 Å². The Bertz CT molecular complexity index is 1010. The Morgan fingerprint density at radius 2 is 2.04 bits per heavy atom. The van der Waals surface area contributed by atoms with Gasteiger partial charge in [0.15, 0.2) is 0 Å². The van der Waals surface area contributed by atoms with E-state index in [1.54, 1.807) is 18.1 Å². The molecule has 3 aromatic rings. The number of rotatable bonds is 4. The summed E-state index contributed by atoms with van der Waals surface area (Å²) < 4.78 is 7.51. The molecule has 1 aliphatic rings. The van der Waals surface area contributed by atoms with Crippen LogP contribution in [0.5, 0.6) is 0 Å². The maximum atomic E-state index is 12.9. The fraction of sp³-hybridized carbons (Fsp3) is 0.381. The lowest BCUT2D eigenvalue weighted by Crippen LogP contribution is -2.37. The van der Waals surface area contributed by atoms with Crippen LogP contribution in [-0.2, 0) is 18.3 Å². The lowest BCUT2D eigenvalue weighted by atomic mass is 10.1. The van der Waals surface area contributed by atoms with Gasteiger partial charge < -0.3 is 19.1 Å². The second-order valence-electron chi connectivity index (χ2n) is 7.20. The van der Waals surface area contributed by atoms with Crippen molar-refractivity contribution < 1.29 is 9.53 Å². The Morgan fingerprint density at radius 1 is 1.25 bits per heavy atom. The van der Waals surface area contributed by atoms with Crippen molar-refractivity contribution in [3.8, 4) is 0 Å². The summed E-state index contributed by atoms with van der Waals surface area (Å²) in [5.74, 6) is 0.880.